The molecule has 0 unspecified atom stereocenters. The fourth-order valence-electron chi connectivity index (χ4n) is 4.12. The van der Waals surface area contributed by atoms with Gasteiger partial charge in [0.05, 0.1) is 21.8 Å². The van der Waals surface area contributed by atoms with E-state index in [1.165, 1.54) is 11.8 Å². The lowest BCUT2D eigenvalue weighted by Gasteiger charge is -2.31. The molecule has 2 heterocycles. The van der Waals surface area contributed by atoms with Gasteiger partial charge in [0.1, 0.15) is 0 Å². The molecule has 212 valence electrons. The maximum absolute atomic E-state index is 10.6. The van der Waals surface area contributed by atoms with E-state index in [2.05, 4.69) is 44.9 Å². The summed E-state index contributed by atoms with van der Waals surface area (Å²) in [6.07, 6.45) is 5.13. The Hall–Kier alpha value is -1.71. The molecule has 0 fully saturated rings. The van der Waals surface area contributed by atoms with Crippen molar-refractivity contribution in [1.82, 2.24) is 19.6 Å². The van der Waals surface area contributed by atoms with Gasteiger partial charge < -0.3 is 19.7 Å². The van der Waals surface area contributed by atoms with Gasteiger partial charge in [-0.3, -0.25) is 9.25 Å². The molecule has 0 saturated heterocycles. The van der Waals surface area contributed by atoms with Crippen molar-refractivity contribution in [2.24, 2.45) is 5.41 Å². The highest BCUT2D eigenvalue weighted by atomic mass is 32.2. The summed E-state index contributed by atoms with van der Waals surface area (Å²) in [6, 6.07) is 1.62. The van der Waals surface area contributed by atoms with Gasteiger partial charge in [-0.05, 0) is 72.0 Å². The third kappa shape index (κ3) is 10.2. The van der Waals surface area contributed by atoms with E-state index in [1.54, 1.807) is 10.6 Å². The second-order valence-electron chi connectivity index (χ2n) is 12.9. The highest BCUT2D eigenvalue weighted by Gasteiger charge is 2.30. The van der Waals surface area contributed by atoms with Crippen molar-refractivity contribution in [3.8, 4) is 11.8 Å². The molecule has 37 heavy (non-hydrogen) atoms. The summed E-state index contributed by atoms with van der Waals surface area (Å²) in [6.45, 7) is 23.0. The normalized spacial score (nSPS) is 13.5. The number of aromatic nitrogens is 4. The molecule has 2 aromatic heterocycles. The predicted octanol–water partition coefficient (Wildman–Crippen LogP) is 6.39. The second kappa shape index (κ2) is 12.4. The lowest BCUT2D eigenvalue weighted by atomic mass is 9.93. The smallest absolute Gasteiger partial charge is 0.208 e. The predicted molar refractivity (Wildman–Crippen MR) is 151 cm³/mol. The van der Waals surface area contributed by atoms with Crippen LogP contribution in [0.4, 0.5) is 0 Å². The standard InChI is InChI=1S/C28H50N4O4S/c1-11-37-22-18-23(33)32(24(22)34)26(5,6)14-17-36-28(9,10)19-21-20-31(30-29-21)15-12-27(7,8)35-16-13-25(2,3)4/h18,20,33-34H,11-17,19H2,1-10H3. The Morgan fingerprint density at radius 1 is 0.892 bits per heavy atom. The van der Waals surface area contributed by atoms with Gasteiger partial charge in [-0.25, -0.2) is 0 Å². The number of rotatable bonds is 15. The van der Waals surface area contributed by atoms with Crippen LogP contribution >= 0.6 is 11.8 Å². The topological polar surface area (TPSA) is 94.6 Å². The second-order valence-corrected chi connectivity index (χ2v) is 14.3. The summed E-state index contributed by atoms with van der Waals surface area (Å²) in [5.41, 5.74) is -0.00837. The lowest BCUT2D eigenvalue weighted by molar-refractivity contribution is -0.0360. The monoisotopic (exact) mass is 538 g/mol. The zero-order valence-corrected chi connectivity index (χ0v) is 25.5. The van der Waals surface area contributed by atoms with Crippen LogP contribution in [-0.2, 0) is 28.0 Å². The number of hydrogen-bond donors (Lipinski definition) is 2. The number of thioether (sulfide) groups is 1. The Kier molecular flexibility index (Phi) is 10.6. The van der Waals surface area contributed by atoms with Gasteiger partial charge in [-0.2, -0.15) is 0 Å². The van der Waals surface area contributed by atoms with Crippen molar-refractivity contribution in [3.05, 3.63) is 18.0 Å². The first-order chi connectivity index (χ1) is 16.9. The summed E-state index contributed by atoms with van der Waals surface area (Å²) in [4.78, 5) is 0.692. The molecule has 0 aliphatic heterocycles. The van der Waals surface area contributed by atoms with E-state index in [4.69, 9.17) is 9.47 Å². The molecule has 0 aromatic carbocycles. The number of ether oxygens (including phenoxy) is 2. The van der Waals surface area contributed by atoms with E-state index in [-0.39, 0.29) is 22.8 Å². The molecule has 9 heteroatoms. The summed E-state index contributed by atoms with van der Waals surface area (Å²) in [5, 5.41) is 29.7. The maximum atomic E-state index is 10.6. The van der Waals surface area contributed by atoms with Crippen LogP contribution in [0.3, 0.4) is 0 Å². The largest absolute Gasteiger partial charge is 0.494 e. The van der Waals surface area contributed by atoms with Gasteiger partial charge in [0.15, 0.2) is 5.88 Å². The van der Waals surface area contributed by atoms with Gasteiger partial charge in [0.2, 0.25) is 5.88 Å². The van der Waals surface area contributed by atoms with Crippen LogP contribution in [0, 0.1) is 5.41 Å². The van der Waals surface area contributed by atoms with Crippen molar-refractivity contribution < 1.29 is 19.7 Å². The SMILES string of the molecule is CCSc1cc(O)n(C(C)(C)CCOC(C)(C)Cc2cn(CCC(C)(C)OCCC(C)(C)C)nn2)c1O. The van der Waals surface area contributed by atoms with Gasteiger partial charge in [0.25, 0.3) is 0 Å². The number of aryl methyl sites for hydroxylation is 1. The van der Waals surface area contributed by atoms with Crippen molar-refractivity contribution in [2.45, 2.75) is 123 Å². The molecule has 2 aromatic rings. The van der Waals surface area contributed by atoms with Crippen LogP contribution in [0.1, 0.15) is 94.2 Å². The van der Waals surface area contributed by atoms with Crippen molar-refractivity contribution in [3.63, 3.8) is 0 Å². The summed E-state index contributed by atoms with van der Waals surface area (Å²) >= 11 is 1.51. The first-order valence-electron chi connectivity index (χ1n) is 13.4. The molecule has 0 bridgehead atoms. The maximum Gasteiger partial charge on any atom is 0.208 e. The molecule has 0 radical (unpaired) electrons. The Labute approximate surface area is 228 Å². The molecule has 8 nitrogen and oxygen atoms in total. The molecular formula is C28H50N4O4S. The highest BCUT2D eigenvalue weighted by Crippen LogP contribution is 2.40. The molecule has 0 saturated carbocycles. The molecule has 0 atom stereocenters. The fraction of sp³-hybridized carbons (Fsp3) is 0.786. The zero-order chi connectivity index (χ0) is 28.1. The number of hydrogen-bond acceptors (Lipinski definition) is 7. The third-order valence-corrected chi connectivity index (χ3v) is 7.41. The first kappa shape index (κ1) is 31.5. The van der Waals surface area contributed by atoms with Crippen molar-refractivity contribution in [1.29, 1.82) is 0 Å². The Bertz CT molecular complexity index is 989. The molecule has 0 spiro atoms. The highest BCUT2D eigenvalue weighted by molar-refractivity contribution is 7.99. The van der Waals surface area contributed by atoms with E-state index < -0.39 is 11.1 Å². The molecule has 0 amide bonds. The van der Waals surface area contributed by atoms with Gasteiger partial charge in [0, 0.05) is 44.0 Å². The minimum absolute atomic E-state index is 0.0668. The average molecular weight is 539 g/mol. The van der Waals surface area contributed by atoms with E-state index >= 15 is 0 Å². The molecule has 2 rings (SSSR count). The first-order valence-corrected chi connectivity index (χ1v) is 14.4. The fourth-order valence-corrected chi connectivity index (χ4v) is 4.84. The Morgan fingerprint density at radius 3 is 2.14 bits per heavy atom. The van der Waals surface area contributed by atoms with Crippen LogP contribution in [0.2, 0.25) is 0 Å². The average Bonchev–Trinajstić information content (AvgIpc) is 3.28. The van der Waals surface area contributed by atoms with Crippen LogP contribution in [0.25, 0.3) is 0 Å². The van der Waals surface area contributed by atoms with Gasteiger partial charge in [-0.15, -0.1) is 16.9 Å². The van der Waals surface area contributed by atoms with Crippen LogP contribution in [-0.4, -0.2) is 59.9 Å². The molecule has 2 N–H and O–H groups in total. The van der Waals surface area contributed by atoms with E-state index in [1.807, 2.05) is 45.5 Å². The van der Waals surface area contributed by atoms with Crippen LogP contribution in [0.5, 0.6) is 11.8 Å². The molecular weight excluding hydrogens is 488 g/mol. The minimum Gasteiger partial charge on any atom is -0.494 e. The molecule has 0 aliphatic rings. The van der Waals surface area contributed by atoms with Crippen LogP contribution in [0.15, 0.2) is 17.2 Å². The number of nitrogens with zero attached hydrogens (tertiary/aromatic N) is 4. The van der Waals surface area contributed by atoms with Crippen molar-refractivity contribution >= 4 is 11.8 Å². The van der Waals surface area contributed by atoms with E-state index in [0.29, 0.717) is 24.3 Å². The summed E-state index contributed by atoms with van der Waals surface area (Å²) < 4.78 is 15.8. The summed E-state index contributed by atoms with van der Waals surface area (Å²) in [7, 11) is 0. The van der Waals surface area contributed by atoms with Crippen molar-refractivity contribution in [2.75, 3.05) is 19.0 Å². The third-order valence-electron chi connectivity index (χ3n) is 6.51. The quantitative estimate of drug-likeness (QED) is 0.254. The molecule has 0 aliphatic carbocycles. The van der Waals surface area contributed by atoms with E-state index in [0.717, 1.165) is 37.4 Å². The zero-order valence-electron chi connectivity index (χ0n) is 24.7. The minimum atomic E-state index is -0.512. The van der Waals surface area contributed by atoms with Crippen LogP contribution < -0.4 is 0 Å². The number of aromatic hydroxyl groups is 2. The Balaban J connectivity index is 1.86. The van der Waals surface area contributed by atoms with Gasteiger partial charge in [-0.1, -0.05) is 32.9 Å². The lowest BCUT2D eigenvalue weighted by Crippen LogP contribution is -2.32. The summed E-state index contributed by atoms with van der Waals surface area (Å²) in [5.74, 6) is 0.993. The Morgan fingerprint density at radius 2 is 1.51 bits per heavy atom. The van der Waals surface area contributed by atoms with Gasteiger partial charge >= 0.3 is 0 Å². The van der Waals surface area contributed by atoms with E-state index in [9.17, 15) is 10.2 Å².